The highest BCUT2D eigenvalue weighted by molar-refractivity contribution is 5.45. The van der Waals surface area contributed by atoms with Gasteiger partial charge in [0.05, 0.1) is 0 Å². The van der Waals surface area contributed by atoms with Crippen molar-refractivity contribution in [2.45, 2.75) is 44.9 Å². The maximum absolute atomic E-state index is 13.6. The number of phenolic OH excluding ortho intramolecular Hbond substituents is 1. The number of rotatable bonds is 0. The number of hydrogen-bond acceptors (Lipinski definition) is 1. The molecule has 2 aromatic rings. The molecule has 2 aliphatic carbocycles. The van der Waals surface area contributed by atoms with E-state index in [1.54, 1.807) is 18.2 Å². The molecule has 0 bridgehead atoms. The molecule has 1 N–H and O–H groups in total. The summed E-state index contributed by atoms with van der Waals surface area (Å²) in [4.78, 5) is 0. The van der Waals surface area contributed by atoms with Gasteiger partial charge < -0.3 is 5.11 Å². The summed E-state index contributed by atoms with van der Waals surface area (Å²) in [5.74, 6) is 1.13. The molecular weight excluding hydrogens is 275 g/mol. The summed E-state index contributed by atoms with van der Waals surface area (Å²) in [5, 5.41) is 9.85. The maximum Gasteiger partial charge on any atom is 0.123 e. The summed E-state index contributed by atoms with van der Waals surface area (Å²) in [6.45, 7) is 4.59. The van der Waals surface area contributed by atoms with Crippen molar-refractivity contribution in [3.8, 4) is 5.75 Å². The minimum atomic E-state index is -0.134. The molecule has 0 saturated carbocycles. The van der Waals surface area contributed by atoms with Crippen LogP contribution in [-0.2, 0) is 12.8 Å². The molecule has 0 aromatic heterocycles. The molecule has 1 nitrogen and oxygen atoms in total. The van der Waals surface area contributed by atoms with Gasteiger partial charge in [0.2, 0.25) is 0 Å². The molecule has 2 heteroatoms. The van der Waals surface area contributed by atoms with Gasteiger partial charge in [-0.25, -0.2) is 4.39 Å². The van der Waals surface area contributed by atoms with Gasteiger partial charge in [-0.3, -0.25) is 0 Å². The topological polar surface area (TPSA) is 20.2 Å². The number of phenols is 1. The number of aromatic hydroxyl groups is 1. The molecule has 2 aliphatic rings. The number of halogens is 1. The fourth-order valence-electron chi connectivity index (χ4n) is 4.74. The Kier molecular flexibility index (Phi) is 2.87. The lowest BCUT2D eigenvalue weighted by Crippen LogP contribution is -2.24. The molecule has 3 unspecified atom stereocenters. The first-order valence-corrected chi connectivity index (χ1v) is 8.06. The highest BCUT2D eigenvalue weighted by atomic mass is 19.1. The van der Waals surface area contributed by atoms with Crippen LogP contribution in [0.4, 0.5) is 4.39 Å². The summed E-state index contributed by atoms with van der Waals surface area (Å²) in [5.41, 5.74) is 5.22. The molecule has 0 amide bonds. The van der Waals surface area contributed by atoms with E-state index in [9.17, 15) is 9.50 Å². The zero-order chi connectivity index (χ0) is 15.5. The molecule has 0 aliphatic heterocycles. The Morgan fingerprint density at radius 3 is 2.50 bits per heavy atom. The maximum atomic E-state index is 13.6. The van der Waals surface area contributed by atoms with E-state index in [0.717, 1.165) is 19.3 Å². The first-order valence-electron chi connectivity index (χ1n) is 8.06. The van der Waals surface area contributed by atoms with Crippen LogP contribution in [0.1, 0.15) is 54.4 Å². The Hall–Kier alpha value is -1.83. The number of hydrogen-bond donors (Lipinski definition) is 1. The van der Waals surface area contributed by atoms with Gasteiger partial charge in [0.15, 0.2) is 0 Å². The second-order valence-corrected chi connectivity index (χ2v) is 7.42. The lowest BCUT2D eigenvalue weighted by molar-refractivity contribution is 0.265. The molecule has 0 saturated heterocycles. The van der Waals surface area contributed by atoms with Gasteiger partial charge in [0, 0.05) is 0 Å². The van der Waals surface area contributed by atoms with E-state index in [-0.39, 0.29) is 11.2 Å². The van der Waals surface area contributed by atoms with Gasteiger partial charge in [-0.1, -0.05) is 26.0 Å². The Morgan fingerprint density at radius 1 is 1.05 bits per heavy atom. The summed E-state index contributed by atoms with van der Waals surface area (Å²) in [7, 11) is 0. The van der Waals surface area contributed by atoms with E-state index < -0.39 is 0 Å². The minimum absolute atomic E-state index is 0.115. The Morgan fingerprint density at radius 2 is 1.73 bits per heavy atom. The van der Waals surface area contributed by atoms with Crippen LogP contribution in [0.15, 0.2) is 36.4 Å². The van der Waals surface area contributed by atoms with Crippen LogP contribution in [0, 0.1) is 11.2 Å². The van der Waals surface area contributed by atoms with Crippen LogP contribution in [0.25, 0.3) is 0 Å². The molecule has 0 spiro atoms. The van der Waals surface area contributed by atoms with Crippen molar-refractivity contribution in [3.05, 3.63) is 64.5 Å². The SMILES string of the molecule is CC1CC2c3ccc(F)cc3CC2(C)Cc2cc(O)ccc21. The smallest absolute Gasteiger partial charge is 0.123 e. The van der Waals surface area contributed by atoms with E-state index in [1.807, 2.05) is 12.1 Å². The van der Waals surface area contributed by atoms with Crippen molar-refractivity contribution in [1.82, 2.24) is 0 Å². The zero-order valence-corrected chi connectivity index (χ0v) is 13.1. The normalized spacial score (nSPS) is 29.4. The van der Waals surface area contributed by atoms with E-state index >= 15 is 0 Å². The molecule has 0 fully saturated rings. The molecular formula is C20H21FO. The molecule has 4 rings (SSSR count). The van der Waals surface area contributed by atoms with Gasteiger partial charge in [0.25, 0.3) is 0 Å². The second-order valence-electron chi connectivity index (χ2n) is 7.42. The van der Waals surface area contributed by atoms with Crippen molar-refractivity contribution in [2.75, 3.05) is 0 Å². The van der Waals surface area contributed by atoms with Gasteiger partial charge >= 0.3 is 0 Å². The minimum Gasteiger partial charge on any atom is -0.508 e. The monoisotopic (exact) mass is 296 g/mol. The van der Waals surface area contributed by atoms with E-state index in [0.29, 0.717) is 17.6 Å². The van der Waals surface area contributed by atoms with Crippen LogP contribution in [0.3, 0.4) is 0 Å². The molecule has 114 valence electrons. The third-order valence-corrected chi connectivity index (χ3v) is 5.76. The second kappa shape index (κ2) is 4.58. The summed E-state index contributed by atoms with van der Waals surface area (Å²) >= 11 is 0. The average Bonchev–Trinajstić information content (AvgIpc) is 2.64. The number of benzene rings is 2. The Balaban J connectivity index is 1.83. The lowest BCUT2D eigenvalue weighted by Gasteiger charge is -2.31. The highest BCUT2D eigenvalue weighted by Crippen LogP contribution is 2.55. The van der Waals surface area contributed by atoms with Gasteiger partial charge in [-0.2, -0.15) is 0 Å². The highest BCUT2D eigenvalue weighted by Gasteiger charge is 2.45. The third kappa shape index (κ3) is 1.97. The fourth-order valence-corrected chi connectivity index (χ4v) is 4.74. The van der Waals surface area contributed by atoms with Crippen LogP contribution in [0.2, 0.25) is 0 Å². The number of fused-ring (bicyclic) bond motifs is 4. The van der Waals surface area contributed by atoms with Crippen molar-refractivity contribution in [3.63, 3.8) is 0 Å². The van der Waals surface area contributed by atoms with Crippen LogP contribution in [-0.4, -0.2) is 5.11 Å². The average molecular weight is 296 g/mol. The van der Waals surface area contributed by atoms with Gasteiger partial charge in [-0.05, 0) is 83.0 Å². The lowest BCUT2D eigenvalue weighted by atomic mass is 9.73. The molecule has 22 heavy (non-hydrogen) atoms. The van der Waals surface area contributed by atoms with Gasteiger partial charge in [-0.15, -0.1) is 0 Å². The fraction of sp³-hybridized carbons (Fsp3) is 0.400. The van der Waals surface area contributed by atoms with Crippen LogP contribution in [0.5, 0.6) is 5.75 Å². The first-order chi connectivity index (χ1) is 10.5. The summed E-state index contributed by atoms with van der Waals surface area (Å²) in [6, 6.07) is 11.1. The first kappa shape index (κ1) is 13.8. The Bertz CT molecular complexity index is 751. The Labute approximate surface area is 130 Å². The van der Waals surface area contributed by atoms with Crippen LogP contribution >= 0.6 is 0 Å². The van der Waals surface area contributed by atoms with Crippen molar-refractivity contribution >= 4 is 0 Å². The van der Waals surface area contributed by atoms with E-state index in [4.69, 9.17) is 0 Å². The molecule has 2 aromatic carbocycles. The molecule has 3 atom stereocenters. The predicted molar refractivity (Wildman–Crippen MR) is 85.8 cm³/mol. The van der Waals surface area contributed by atoms with Crippen molar-refractivity contribution in [2.24, 2.45) is 5.41 Å². The zero-order valence-electron chi connectivity index (χ0n) is 13.1. The predicted octanol–water partition coefficient (Wildman–Crippen LogP) is 4.93. The largest absolute Gasteiger partial charge is 0.508 e. The molecule has 0 radical (unpaired) electrons. The quantitative estimate of drug-likeness (QED) is 0.731. The van der Waals surface area contributed by atoms with E-state index in [1.165, 1.54) is 22.3 Å². The van der Waals surface area contributed by atoms with Crippen molar-refractivity contribution in [1.29, 1.82) is 0 Å². The van der Waals surface area contributed by atoms with E-state index in [2.05, 4.69) is 19.9 Å². The summed E-state index contributed by atoms with van der Waals surface area (Å²) in [6.07, 6.45) is 2.96. The van der Waals surface area contributed by atoms with Gasteiger partial charge in [0.1, 0.15) is 11.6 Å². The van der Waals surface area contributed by atoms with Crippen LogP contribution < -0.4 is 0 Å². The standard InChI is InChI=1S/C20H21FO/c1-12-7-19-18-5-3-15(21)8-13(18)10-20(19,2)11-14-9-16(22)4-6-17(12)14/h3-6,8-9,12,19,22H,7,10-11H2,1-2H3. The van der Waals surface area contributed by atoms with Crippen molar-refractivity contribution < 1.29 is 9.50 Å². The third-order valence-electron chi connectivity index (χ3n) is 5.76. The summed E-state index contributed by atoms with van der Waals surface area (Å²) < 4.78 is 13.6. The molecule has 0 heterocycles.